The van der Waals surface area contributed by atoms with Gasteiger partial charge in [0.15, 0.2) is 0 Å². The largest absolute Gasteiger partial charge is 0.481 e. The summed E-state index contributed by atoms with van der Waals surface area (Å²) < 4.78 is 10.3. The molecule has 1 amide bonds. The summed E-state index contributed by atoms with van der Waals surface area (Å²) in [6.45, 7) is 5.08. The van der Waals surface area contributed by atoms with Gasteiger partial charge in [-0.25, -0.2) is 0 Å². The van der Waals surface area contributed by atoms with E-state index in [9.17, 15) is 4.79 Å². The van der Waals surface area contributed by atoms with Crippen LogP contribution in [0, 0.1) is 6.92 Å². The number of hydrogen-bond acceptors (Lipinski definition) is 5. The lowest BCUT2D eigenvalue weighted by Crippen LogP contribution is -2.22. The van der Waals surface area contributed by atoms with Crippen LogP contribution < -0.4 is 20.1 Å². The van der Waals surface area contributed by atoms with Gasteiger partial charge < -0.3 is 20.1 Å². The maximum absolute atomic E-state index is 11.9. The molecule has 2 aromatic rings. The minimum Gasteiger partial charge on any atom is -0.481 e. The minimum atomic E-state index is -0.0595. The molecule has 128 valence electrons. The molecule has 0 aliphatic carbocycles. The Morgan fingerprint density at radius 3 is 2.33 bits per heavy atom. The fraction of sp³-hybridized carbons (Fsp3) is 0.333. The van der Waals surface area contributed by atoms with Crippen LogP contribution in [0.1, 0.15) is 28.4 Å². The number of carbonyl (C=O) groups is 1. The lowest BCUT2D eigenvalue weighted by Gasteiger charge is -2.12. The van der Waals surface area contributed by atoms with Crippen LogP contribution in [-0.4, -0.2) is 31.7 Å². The fourth-order valence-corrected chi connectivity index (χ4v) is 2.31. The Labute approximate surface area is 142 Å². The molecule has 1 aromatic heterocycles. The second-order valence-electron chi connectivity index (χ2n) is 5.30. The van der Waals surface area contributed by atoms with Gasteiger partial charge >= 0.3 is 0 Å². The number of aromatic nitrogens is 1. The molecule has 6 heteroatoms. The number of ether oxygens (including phenoxy) is 2. The van der Waals surface area contributed by atoms with Crippen molar-refractivity contribution in [2.24, 2.45) is 0 Å². The number of anilines is 1. The van der Waals surface area contributed by atoms with Crippen LogP contribution in [0.4, 0.5) is 5.69 Å². The molecule has 6 nitrogen and oxygen atoms in total. The molecule has 2 N–H and O–H groups in total. The third-order valence-corrected chi connectivity index (χ3v) is 3.57. The third kappa shape index (κ3) is 4.38. The van der Waals surface area contributed by atoms with Crippen molar-refractivity contribution in [3.63, 3.8) is 0 Å². The van der Waals surface area contributed by atoms with Crippen LogP contribution >= 0.6 is 0 Å². The monoisotopic (exact) mass is 329 g/mol. The Hall–Kier alpha value is -2.76. The van der Waals surface area contributed by atoms with Crippen molar-refractivity contribution in [1.29, 1.82) is 0 Å². The number of hydrogen-bond donors (Lipinski definition) is 2. The lowest BCUT2D eigenvalue weighted by atomic mass is 10.1. The number of benzene rings is 1. The predicted octanol–water partition coefficient (Wildman–Crippen LogP) is 2.77. The number of nitrogens with one attached hydrogen (secondary N) is 2. The topological polar surface area (TPSA) is 72.5 Å². The van der Waals surface area contributed by atoms with Gasteiger partial charge in [0.2, 0.25) is 11.8 Å². The van der Waals surface area contributed by atoms with E-state index in [4.69, 9.17) is 9.47 Å². The predicted molar refractivity (Wildman–Crippen MR) is 93.9 cm³/mol. The van der Waals surface area contributed by atoms with Gasteiger partial charge in [-0.2, -0.15) is 4.98 Å². The molecule has 0 unspecified atom stereocenters. The quantitative estimate of drug-likeness (QED) is 0.817. The molecule has 0 saturated carbocycles. The molecule has 0 atom stereocenters. The van der Waals surface area contributed by atoms with Crippen LogP contribution in [0.3, 0.4) is 0 Å². The zero-order valence-electron chi connectivity index (χ0n) is 14.5. The molecule has 0 spiro atoms. The highest BCUT2D eigenvalue weighted by molar-refractivity contribution is 5.94. The van der Waals surface area contributed by atoms with Crippen molar-refractivity contribution in [2.45, 2.75) is 20.4 Å². The first-order valence-electron chi connectivity index (χ1n) is 7.79. The maximum atomic E-state index is 11.9. The maximum Gasteiger partial charge on any atom is 0.251 e. The summed E-state index contributed by atoms with van der Waals surface area (Å²) in [6, 6.07) is 9.31. The molecular formula is C18H23N3O3. The van der Waals surface area contributed by atoms with E-state index in [1.54, 1.807) is 14.2 Å². The molecular weight excluding hydrogens is 306 g/mol. The molecule has 0 saturated heterocycles. The van der Waals surface area contributed by atoms with E-state index in [1.807, 2.05) is 44.2 Å². The van der Waals surface area contributed by atoms with Crippen molar-refractivity contribution < 1.29 is 14.3 Å². The number of pyridine rings is 1. The van der Waals surface area contributed by atoms with E-state index in [0.29, 0.717) is 30.4 Å². The van der Waals surface area contributed by atoms with Crippen LogP contribution in [0.25, 0.3) is 0 Å². The van der Waals surface area contributed by atoms with Gasteiger partial charge in [0.1, 0.15) is 0 Å². The summed E-state index contributed by atoms with van der Waals surface area (Å²) in [5.74, 6) is 0.958. The second-order valence-corrected chi connectivity index (χ2v) is 5.30. The third-order valence-electron chi connectivity index (χ3n) is 3.57. The van der Waals surface area contributed by atoms with Gasteiger partial charge in [0.25, 0.3) is 5.91 Å². The first-order chi connectivity index (χ1) is 11.6. The van der Waals surface area contributed by atoms with Crippen LogP contribution in [0.2, 0.25) is 0 Å². The van der Waals surface area contributed by atoms with Gasteiger partial charge in [-0.3, -0.25) is 4.79 Å². The zero-order chi connectivity index (χ0) is 17.5. The van der Waals surface area contributed by atoms with Crippen molar-refractivity contribution in [1.82, 2.24) is 10.3 Å². The Morgan fingerprint density at radius 1 is 1.12 bits per heavy atom. The van der Waals surface area contributed by atoms with E-state index < -0.39 is 0 Å². The number of amides is 1. The molecule has 0 fully saturated rings. The van der Waals surface area contributed by atoms with Crippen molar-refractivity contribution in [3.05, 3.63) is 47.0 Å². The number of nitrogens with zero attached hydrogens (tertiary/aromatic N) is 1. The summed E-state index contributed by atoms with van der Waals surface area (Å²) in [5, 5.41) is 6.16. The molecule has 1 aromatic carbocycles. The van der Waals surface area contributed by atoms with E-state index in [-0.39, 0.29) is 5.91 Å². The molecule has 1 heterocycles. The molecule has 2 rings (SSSR count). The molecule has 0 aliphatic rings. The summed E-state index contributed by atoms with van der Waals surface area (Å²) in [4.78, 5) is 16.0. The number of carbonyl (C=O) groups excluding carboxylic acids is 1. The van der Waals surface area contributed by atoms with E-state index in [1.165, 1.54) is 0 Å². The van der Waals surface area contributed by atoms with Gasteiger partial charge in [0, 0.05) is 36.5 Å². The highest BCUT2D eigenvalue weighted by atomic mass is 16.5. The van der Waals surface area contributed by atoms with Gasteiger partial charge in [-0.05, 0) is 43.2 Å². The first kappa shape index (κ1) is 17.6. The molecule has 0 aliphatic heterocycles. The van der Waals surface area contributed by atoms with Crippen molar-refractivity contribution in [3.8, 4) is 11.8 Å². The van der Waals surface area contributed by atoms with Crippen LogP contribution in [-0.2, 0) is 6.54 Å². The Balaban J connectivity index is 2.10. The Kier molecular flexibility index (Phi) is 6.01. The molecule has 24 heavy (non-hydrogen) atoms. The molecule has 0 bridgehead atoms. The van der Waals surface area contributed by atoms with E-state index in [0.717, 1.165) is 16.8 Å². The second kappa shape index (κ2) is 8.19. The average molecular weight is 329 g/mol. The zero-order valence-corrected chi connectivity index (χ0v) is 14.5. The highest BCUT2D eigenvalue weighted by Gasteiger charge is 2.08. The first-order valence-corrected chi connectivity index (χ1v) is 7.79. The average Bonchev–Trinajstić information content (AvgIpc) is 2.60. The number of methoxy groups -OCH3 is 2. The van der Waals surface area contributed by atoms with Crippen molar-refractivity contribution in [2.75, 3.05) is 26.1 Å². The SMILES string of the molecule is CCNC(=O)c1ccc(NCc2cc(OC)nc(OC)c2)c(C)c1. The summed E-state index contributed by atoms with van der Waals surface area (Å²) in [6.07, 6.45) is 0. The summed E-state index contributed by atoms with van der Waals surface area (Å²) in [5.41, 5.74) is 3.63. The van der Waals surface area contributed by atoms with Gasteiger partial charge in [-0.1, -0.05) is 0 Å². The highest BCUT2D eigenvalue weighted by Crippen LogP contribution is 2.21. The minimum absolute atomic E-state index is 0.0595. The number of rotatable bonds is 7. The smallest absolute Gasteiger partial charge is 0.251 e. The number of aryl methyl sites for hydroxylation is 1. The fourth-order valence-electron chi connectivity index (χ4n) is 2.31. The molecule has 0 radical (unpaired) electrons. The van der Waals surface area contributed by atoms with Crippen molar-refractivity contribution >= 4 is 11.6 Å². The Morgan fingerprint density at radius 2 is 1.79 bits per heavy atom. The van der Waals surface area contributed by atoms with Gasteiger partial charge in [0.05, 0.1) is 14.2 Å². The van der Waals surface area contributed by atoms with E-state index in [2.05, 4.69) is 15.6 Å². The standard InChI is InChI=1S/C18H23N3O3/c1-5-19-18(22)14-6-7-15(12(2)8-14)20-11-13-9-16(23-3)21-17(10-13)24-4/h6-10,20H,5,11H2,1-4H3,(H,19,22). The summed E-state index contributed by atoms with van der Waals surface area (Å²) >= 11 is 0. The normalized spacial score (nSPS) is 10.2. The Bertz CT molecular complexity index is 694. The van der Waals surface area contributed by atoms with Crippen LogP contribution in [0.15, 0.2) is 30.3 Å². The lowest BCUT2D eigenvalue weighted by molar-refractivity contribution is 0.0956. The van der Waals surface area contributed by atoms with Crippen LogP contribution in [0.5, 0.6) is 11.8 Å². The van der Waals surface area contributed by atoms with Gasteiger partial charge in [-0.15, -0.1) is 0 Å². The summed E-state index contributed by atoms with van der Waals surface area (Å²) in [7, 11) is 3.15. The van der Waals surface area contributed by atoms with E-state index >= 15 is 0 Å².